The van der Waals surface area contributed by atoms with Crippen LogP contribution in [0.25, 0.3) is 0 Å². The number of amides is 1. The second kappa shape index (κ2) is 7.07. The summed E-state index contributed by atoms with van der Waals surface area (Å²) in [5.74, 6) is -7.70. The van der Waals surface area contributed by atoms with Crippen LogP contribution in [0.5, 0.6) is 0 Å². The molecule has 0 spiro atoms. The number of benzene rings is 1. The minimum Gasteiger partial charge on any atom is -0.481 e. The molecule has 0 heterocycles. The molecule has 1 amide bonds. The van der Waals surface area contributed by atoms with Crippen molar-refractivity contribution in [2.75, 3.05) is 25.2 Å². The Morgan fingerprint density at radius 3 is 2.43 bits per heavy atom. The molecule has 1 atom stereocenters. The van der Waals surface area contributed by atoms with Crippen LogP contribution >= 0.6 is 0 Å². The molecule has 0 radical (unpaired) electrons. The van der Waals surface area contributed by atoms with E-state index >= 15 is 0 Å². The second-order valence-corrected chi connectivity index (χ2v) is 4.37. The number of anilines is 1. The second-order valence-electron chi connectivity index (χ2n) is 4.37. The highest BCUT2D eigenvalue weighted by Crippen LogP contribution is 2.24. The molecule has 1 rings (SSSR count). The lowest BCUT2D eigenvalue weighted by atomic mass is 10.1. The molecule has 1 aromatic carbocycles. The Bertz CT molecular complexity index is 550. The summed E-state index contributed by atoms with van der Waals surface area (Å²) in [5.41, 5.74) is -0.538. The number of rotatable bonds is 6. The van der Waals surface area contributed by atoms with Gasteiger partial charge in [-0.15, -0.1) is 0 Å². The van der Waals surface area contributed by atoms with Gasteiger partial charge >= 0.3 is 5.97 Å². The number of carbonyl (C=O) groups is 2. The zero-order valence-electron chi connectivity index (χ0n) is 11.4. The number of methoxy groups -OCH3 is 1. The third kappa shape index (κ3) is 3.94. The Kier molecular flexibility index (Phi) is 5.71. The summed E-state index contributed by atoms with van der Waals surface area (Å²) in [5, 5.41) is 8.86. The molecule has 0 saturated heterocycles. The molecule has 0 aromatic heterocycles. The molecule has 1 N–H and O–H groups in total. The van der Waals surface area contributed by atoms with Crippen LogP contribution < -0.4 is 4.90 Å². The molecular formula is C13H14F3NO4. The van der Waals surface area contributed by atoms with Gasteiger partial charge in [-0.1, -0.05) is 6.92 Å². The van der Waals surface area contributed by atoms with E-state index in [1.165, 1.54) is 14.0 Å². The van der Waals surface area contributed by atoms with Crippen LogP contribution in [0, 0.1) is 23.4 Å². The van der Waals surface area contributed by atoms with Crippen molar-refractivity contribution in [1.29, 1.82) is 0 Å². The first kappa shape index (κ1) is 17.0. The summed E-state index contributed by atoms with van der Waals surface area (Å²) >= 11 is 0. The van der Waals surface area contributed by atoms with E-state index in [0.717, 1.165) is 11.0 Å². The minimum atomic E-state index is -1.73. The summed E-state index contributed by atoms with van der Waals surface area (Å²) in [6.45, 7) is 0.442. The SMILES string of the molecule is COCC(=O)N(CC(C)C(=O)O)c1ccc(F)c(F)c1F. The lowest BCUT2D eigenvalue weighted by Gasteiger charge is -2.25. The van der Waals surface area contributed by atoms with Gasteiger partial charge in [-0.3, -0.25) is 9.59 Å². The first-order valence-corrected chi connectivity index (χ1v) is 5.95. The Hall–Kier alpha value is -2.09. The van der Waals surface area contributed by atoms with Gasteiger partial charge in [0.15, 0.2) is 17.5 Å². The number of nitrogens with zero attached hydrogens (tertiary/aromatic N) is 1. The fraction of sp³-hybridized carbons (Fsp3) is 0.385. The first-order valence-electron chi connectivity index (χ1n) is 5.95. The lowest BCUT2D eigenvalue weighted by molar-refractivity contribution is -0.140. The van der Waals surface area contributed by atoms with Gasteiger partial charge in [-0.05, 0) is 12.1 Å². The molecule has 116 valence electrons. The smallest absolute Gasteiger partial charge is 0.308 e. The summed E-state index contributed by atoms with van der Waals surface area (Å²) < 4.78 is 44.6. The van der Waals surface area contributed by atoms with Gasteiger partial charge in [0.05, 0.1) is 11.6 Å². The summed E-state index contributed by atoms with van der Waals surface area (Å²) in [6, 6.07) is 1.53. The van der Waals surface area contributed by atoms with E-state index < -0.39 is 54.1 Å². The quantitative estimate of drug-likeness (QED) is 0.814. The van der Waals surface area contributed by atoms with Crippen molar-refractivity contribution in [2.45, 2.75) is 6.92 Å². The van der Waals surface area contributed by atoms with Gasteiger partial charge in [-0.25, -0.2) is 13.2 Å². The molecule has 21 heavy (non-hydrogen) atoms. The van der Waals surface area contributed by atoms with Crippen molar-refractivity contribution in [3.8, 4) is 0 Å². The van der Waals surface area contributed by atoms with E-state index in [0.29, 0.717) is 6.07 Å². The maximum Gasteiger partial charge on any atom is 0.308 e. The van der Waals surface area contributed by atoms with Gasteiger partial charge < -0.3 is 14.7 Å². The normalized spacial score (nSPS) is 12.0. The molecule has 0 aliphatic heterocycles. The third-order valence-electron chi connectivity index (χ3n) is 2.75. The third-order valence-corrected chi connectivity index (χ3v) is 2.75. The lowest BCUT2D eigenvalue weighted by Crippen LogP contribution is -2.39. The number of aliphatic carboxylic acids is 1. The van der Waals surface area contributed by atoms with Crippen molar-refractivity contribution >= 4 is 17.6 Å². The van der Waals surface area contributed by atoms with Crippen LogP contribution in [0.3, 0.4) is 0 Å². The number of ether oxygens (including phenoxy) is 1. The molecule has 0 bridgehead atoms. The highest BCUT2D eigenvalue weighted by Gasteiger charge is 2.26. The molecule has 0 aliphatic rings. The maximum atomic E-state index is 13.8. The van der Waals surface area contributed by atoms with Gasteiger partial charge in [0.1, 0.15) is 6.61 Å². The van der Waals surface area contributed by atoms with E-state index in [1.54, 1.807) is 0 Å². The van der Waals surface area contributed by atoms with Gasteiger partial charge in [0, 0.05) is 13.7 Å². The van der Waals surface area contributed by atoms with Crippen molar-refractivity contribution in [3.63, 3.8) is 0 Å². The van der Waals surface area contributed by atoms with Gasteiger partial charge in [0.25, 0.3) is 5.91 Å². The topological polar surface area (TPSA) is 66.8 Å². The van der Waals surface area contributed by atoms with Gasteiger partial charge in [-0.2, -0.15) is 0 Å². The van der Waals surface area contributed by atoms with Crippen molar-refractivity contribution in [1.82, 2.24) is 0 Å². The Balaban J connectivity index is 3.21. The molecule has 1 aromatic rings. The van der Waals surface area contributed by atoms with Crippen LogP contribution in [0.1, 0.15) is 6.92 Å². The summed E-state index contributed by atoms with van der Waals surface area (Å²) in [6.07, 6.45) is 0. The number of carboxylic acids is 1. The molecule has 8 heteroatoms. The predicted octanol–water partition coefficient (Wildman–Crippen LogP) is 1.80. The van der Waals surface area contributed by atoms with Crippen molar-refractivity contribution in [3.05, 3.63) is 29.6 Å². The standard InChI is InChI=1S/C13H14F3NO4/c1-7(13(19)20)5-17(10(18)6-21-2)9-4-3-8(14)11(15)12(9)16/h3-4,7H,5-6H2,1-2H3,(H,19,20). The van der Waals surface area contributed by atoms with Crippen LogP contribution in [-0.2, 0) is 14.3 Å². The summed E-state index contributed by atoms with van der Waals surface area (Å²) in [4.78, 5) is 23.5. The molecule has 0 saturated carbocycles. The molecular weight excluding hydrogens is 291 g/mol. The zero-order valence-corrected chi connectivity index (χ0v) is 11.4. The fourth-order valence-electron chi connectivity index (χ4n) is 1.61. The maximum absolute atomic E-state index is 13.8. The predicted molar refractivity (Wildman–Crippen MR) is 67.3 cm³/mol. The highest BCUT2D eigenvalue weighted by atomic mass is 19.2. The molecule has 0 fully saturated rings. The number of hydrogen-bond donors (Lipinski definition) is 1. The number of hydrogen-bond acceptors (Lipinski definition) is 3. The van der Waals surface area contributed by atoms with Crippen LogP contribution in [0.2, 0.25) is 0 Å². The Morgan fingerprint density at radius 2 is 1.90 bits per heavy atom. The molecule has 1 unspecified atom stereocenters. The molecule has 5 nitrogen and oxygen atoms in total. The monoisotopic (exact) mass is 305 g/mol. The highest BCUT2D eigenvalue weighted by molar-refractivity contribution is 5.95. The van der Waals surface area contributed by atoms with E-state index in [1.807, 2.05) is 0 Å². The number of carboxylic acid groups (broad SMARTS) is 1. The first-order chi connectivity index (χ1) is 9.79. The van der Waals surface area contributed by atoms with Crippen molar-refractivity contribution < 1.29 is 32.6 Å². The average molecular weight is 305 g/mol. The van der Waals surface area contributed by atoms with E-state index in [2.05, 4.69) is 4.74 Å². The fourth-order valence-corrected chi connectivity index (χ4v) is 1.61. The Morgan fingerprint density at radius 1 is 1.29 bits per heavy atom. The largest absolute Gasteiger partial charge is 0.481 e. The van der Waals surface area contributed by atoms with Gasteiger partial charge in [0.2, 0.25) is 0 Å². The van der Waals surface area contributed by atoms with Crippen LogP contribution in [0.15, 0.2) is 12.1 Å². The van der Waals surface area contributed by atoms with E-state index in [-0.39, 0.29) is 0 Å². The number of carbonyl (C=O) groups excluding carboxylic acids is 1. The van der Waals surface area contributed by atoms with E-state index in [4.69, 9.17) is 5.11 Å². The van der Waals surface area contributed by atoms with Crippen LogP contribution in [-0.4, -0.2) is 37.2 Å². The number of halogens is 3. The zero-order chi connectivity index (χ0) is 16.2. The Labute approximate surface area is 118 Å². The van der Waals surface area contributed by atoms with Crippen molar-refractivity contribution in [2.24, 2.45) is 5.92 Å². The van der Waals surface area contributed by atoms with Crippen LogP contribution in [0.4, 0.5) is 18.9 Å². The average Bonchev–Trinajstić information content (AvgIpc) is 2.43. The van der Waals surface area contributed by atoms with E-state index in [9.17, 15) is 22.8 Å². The summed E-state index contributed by atoms with van der Waals surface area (Å²) in [7, 11) is 1.22. The molecule has 0 aliphatic carbocycles. The minimum absolute atomic E-state index is 0.403.